The molecule has 0 N–H and O–H groups in total. The number of oxazole rings is 1. The molecule has 2 aromatic heterocycles. The van der Waals surface area contributed by atoms with Gasteiger partial charge in [-0.15, -0.1) is 0 Å². The van der Waals surface area contributed by atoms with E-state index in [1.807, 2.05) is 31.3 Å². The largest absolute Gasteiger partial charge is 0.441 e. The molecule has 196 valence electrons. The molecule has 38 heavy (non-hydrogen) atoms. The first-order valence-electron chi connectivity index (χ1n) is 12.7. The Kier molecular flexibility index (Phi) is 6.13. The lowest BCUT2D eigenvalue weighted by Gasteiger charge is -2.25. The van der Waals surface area contributed by atoms with E-state index in [0.29, 0.717) is 11.1 Å². The third-order valence-corrected chi connectivity index (χ3v) is 7.17. The molecule has 0 saturated carbocycles. The van der Waals surface area contributed by atoms with E-state index < -0.39 is 11.6 Å². The van der Waals surface area contributed by atoms with E-state index >= 15 is 0 Å². The highest BCUT2D eigenvalue weighted by Crippen LogP contribution is 2.41. The molecule has 3 aromatic carbocycles. The fourth-order valence-electron chi connectivity index (χ4n) is 4.77. The van der Waals surface area contributed by atoms with Crippen LogP contribution < -0.4 is 0 Å². The van der Waals surface area contributed by atoms with Gasteiger partial charge in [0.05, 0.1) is 11.1 Å². The lowest BCUT2D eigenvalue weighted by Crippen LogP contribution is -2.34. The van der Waals surface area contributed by atoms with Crippen LogP contribution in [0.3, 0.4) is 0 Å². The van der Waals surface area contributed by atoms with Gasteiger partial charge < -0.3 is 4.42 Å². The fourth-order valence-corrected chi connectivity index (χ4v) is 4.77. The quantitative estimate of drug-likeness (QED) is 0.239. The summed E-state index contributed by atoms with van der Waals surface area (Å²) < 4.78 is 45.9. The normalized spacial score (nSPS) is 13.0. The smallest absolute Gasteiger partial charge is 0.394 e. The number of rotatable bonds is 4. The second-order valence-corrected chi connectivity index (χ2v) is 11.7. The molecular formula is C32H31F3N2O. The van der Waals surface area contributed by atoms with Gasteiger partial charge >= 0.3 is 6.18 Å². The maximum absolute atomic E-state index is 13.4. The average Bonchev–Trinajstić information content (AvgIpc) is 3.23. The Balaban J connectivity index is 1.56. The van der Waals surface area contributed by atoms with Crippen molar-refractivity contribution < 1.29 is 17.6 Å². The third kappa shape index (κ3) is 4.80. The molecule has 0 atom stereocenters. The van der Waals surface area contributed by atoms with E-state index in [1.165, 1.54) is 10.9 Å². The number of alkyl halides is 3. The fraction of sp³-hybridized carbons (Fsp3) is 0.312. The van der Waals surface area contributed by atoms with Crippen LogP contribution in [0, 0.1) is 12.3 Å². The van der Waals surface area contributed by atoms with Crippen molar-refractivity contribution in [2.45, 2.75) is 59.6 Å². The second-order valence-electron chi connectivity index (χ2n) is 11.7. The summed E-state index contributed by atoms with van der Waals surface area (Å²) in [4.78, 5) is 9.07. The van der Waals surface area contributed by atoms with Gasteiger partial charge in [-0.25, -0.2) is 4.98 Å². The van der Waals surface area contributed by atoms with E-state index in [1.54, 1.807) is 6.07 Å². The van der Waals surface area contributed by atoms with E-state index in [4.69, 9.17) is 9.40 Å². The monoisotopic (exact) mass is 516 g/mol. The lowest BCUT2D eigenvalue weighted by molar-refractivity contribution is -0.212. The van der Waals surface area contributed by atoms with Gasteiger partial charge in [0, 0.05) is 18.2 Å². The summed E-state index contributed by atoms with van der Waals surface area (Å²) in [5.74, 6) is 0.0810. The molecule has 0 spiro atoms. The molecule has 3 nitrogen and oxygen atoms in total. The summed E-state index contributed by atoms with van der Waals surface area (Å²) >= 11 is 0. The molecule has 0 aliphatic carbocycles. The number of fused-ring (bicyclic) bond motifs is 2. The van der Waals surface area contributed by atoms with Crippen molar-refractivity contribution in [3.05, 3.63) is 83.9 Å². The Morgan fingerprint density at radius 2 is 1.58 bits per heavy atom. The van der Waals surface area contributed by atoms with Crippen LogP contribution in [0.2, 0.25) is 0 Å². The minimum absolute atomic E-state index is 0.0428. The molecule has 0 bridgehead atoms. The molecule has 2 heterocycles. The zero-order chi connectivity index (χ0) is 27.5. The third-order valence-electron chi connectivity index (χ3n) is 7.17. The molecule has 0 radical (unpaired) electrons. The van der Waals surface area contributed by atoms with Crippen LogP contribution in [0.4, 0.5) is 13.2 Å². The minimum Gasteiger partial charge on any atom is -0.441 e. The van der Waals surface area contributed by atoms with Gasteiger partial charge in [0.2, 0.25) is 0 Å². The van der Waals surface area contributed by atoms with E-state index in [0.717, 1.165) is 47.2 Å². The SMILES string of the molecule is Cc1cnc(-c2cc(C(C)(C)C)c3ccccc3c2)cc1-c1ccc2nc(CC(C)(C)C(F)(F)F)oc2c1. The van der Waals surface area contributed by atoms with Crippen LogP contribution in [0.15, 0.2) is 71.3 Å². The van der Waals surface area contributed by atoms with Crippen molar-refractivity contribution in [2.75, 3.05) is 0 Å². The molecule has 0 amide bonds. The van der Waals surface area contributed by atoms with Crippen molar-refractivity contribution in [3.8, 4) is 22.4 Å². The van der Waals surface area contributed by atoms with Crippen LogP contribution in [0.25, 0.3) is 44.3 Å². The van der Waals surface area contributed by atoms with Gasteiger partial charge in [-0.1, -0.05) is 65.0 Å². The van der Waals surface area contributed by atoms with E-state index in [9.17, 15) is 13.2 Å². The highest BCUT2D eigenvalue weighted by Gasteiger charge is 2.48. The first-order valence-corrected chi connectivity index (χ1v) is 12.7. The van der Waals surface area contributed by atoms with Crippen LogP contribution in [-0.4, -0.2) is 16.1 Å². The van der Waals surface area contributed by atoms with Gasteiger partial charge in [-0.2, -0.15) is 13.2 Å². The summed E-state index contributed by atoms with van der Waals surface area (Å²) in [6.07, 6.45) is -2.81. The molecule has 6 heteroatoms. The molecule has 0 saturated heterocycles. The highest BCUT2D eigenvalue weighted by molar-refractivity contribution is 5.91. The number of aryl methyl sites for hydroxylation is 1. The number of aromatic nitrogens is 2. The molecule has 0 fully saturated rings. The van der Waals surface area contributed by atoms with Gasteiger partial charge in [0.1, 0.15) is 5.52 Å². The van der Waals surface area contributed by atoms with Crippen LogP contribution >= 0.6 is 0 Å². The van der Waals surface area contributed by atoms with Crippen LogP contribution in [0.1, 0.15) is 51.6 Å². The molecule has 0 aliphatic heterocycles. The average molecular weight is 517 g/mol. The Hall–Kier alpha value is -3.67. The zero-order valence-electron chi connectivity index (χ0n) is 22.5. The lowest BCUT2D eigenvalue weighted by atomic mass is 9.82. The maximum Gasteiger partial charge on any atom is 0.394 e. The Bertz CT molecular complexity index is 1660. The van der Waals surface area contributed by atoms with Crippen molar-refractivity contribution in [1.82, 2.24) is 9.97 Å². The van der Waals surface area contributed by atoms with Gasteiger partial charge in [-0.05, 0) is 75.7 Å². The number of hydrogen-bond acceptors (Lipinski definition) is 3. The predicted octanol–water partition coefficient (Wildman–Crippen LogP) is 9.45. The second kappa shape index (κ2) is 8.97. The molecule has 0 aliphatic rings. The maximum atomic E-state index is 13.4. The summed E-state index contributed by atoms with van der Waals surface area (Å²) in [6, 6.07) is 20.4. The van der Waals surface area contributed by atoms with Crippen molar-refractivity contribution in [2.24, 2.45) is 5.41 Å². The summed E-state index contributed by atoms with van der Waals surface area (Å²) in [5.41, 5.74) is 5.04. The summed E-state index contributed by atoms with van der Waals surface area (Å²) in [7, 11) is 0. The topological polar surface area (TPSA) is 38.9 Å². The summed E-state index contributed by atoms with van der Waals surface area (Å²) in [5, 5.41) is 2.40. The first-order chi connectivity index (χ1) is 17.7. The van der Waals surface area contributed by atoms with Gasteiger partial charge in [0.15, 0.2) is 11.5 Å². The Morgan fingerprint density at radius 3 is 2.29 bits per heavy atom. The molecule has 5 aromatic rings. The first kappa shape index (κ1) is 26.0. The Labute approximate surface area is 220 Å². The molecule has 0 unspecified atom stereocenters. The summed E-state index contributed by atoms with van der Waals surface area (Å²) in [6.45, 7) is 10.9. The standard InChI is InChI=1S/C32H31F3N2O/c1-19-18-36-27(22-13-20-9-7-8-10-23(20)25(14-22)30(2,3)4)16-24(19)21-11-12-26-28(15-21)38-29(37-26)17-31(5,6)32(33,34)35/h7-16,18H,17H2,1-6H3. The number of hydrogen-bond donors (Lipinski definition) is 0. The number of nitrogens with zero attached hydrogens (tertiary/aromatic N) is 2. The van der Waals surface area contributed by atoms with Crippen molar-refractivity contribution >= 4 is 21.9 Å². The van der Waals surface area contributed by atoms with E-state index in [2.05, 4.69) is 62.2 Å². The van der Waals surface area contributed by atoms with Gasteiger partial charge in [0.25, 0.3) is 0 Å². The van der Waals surface area contributed by atoms with Crippen LogP contribution in [-0.2, 0) is 11.8 Å². The number of benzene rings is 3. The van der Waals surface area contributed by atoms with E-state index in [-0.39, 0.29) is 17.7 Å². The molecule has 5 rings (SSSR count). The highest BCUT2D eigenvalue weighted by atomic mass is 19.4. The molecular weight excluding hydrogens is 485 g/mol. The Morgan fingerprint density at radius 1 is 0.842 bits per heavy atom. The number of pyridine rings is 1. The van der Waals surface area contributed by atoms with Gasteiger partial charge in [-0.3, -0.25) is 4.98 Å². The predicted molar refractivity (Wildman–Crippen MR) is 147 cm³/mol. The van der Waals surface area contributed by atoms with Crippen molar-refractivity contribution in [1.29, 1.82) is 0 Å². The van der Waals surface area contributed by atoms with Crippen LogP contribution in [0.5, 0.6) is 0 Å². The minimum atomic E-state index is -4.35. The zero-order valence-corrected chi connectivity index (χ0v) is 22.5. The number of halogens is 3. The van der Waals surface area contributed by atoms with Crippen molar-refractivity contribution in [3.63, 3.8) is 0 Å².